The second-order valence-corrected chi connectivity index (χ2v) is 11.1. The number of rotatable bonds is 8. The molecule has 39 heavy (non-hydrogen) atoms. The number of sulfonamides is 1. The van der Waals surface area contributed by atoms with Crippen molar-refractivity contribution in [2.75, 3.05) is 39.3 Å². The predicted octanol–water partition coefficient (Wildman–Crippen LogP) is 2.75. The molecule has 14 heteroatoms. The van der Waals surface area contributed by atoms with Gasteiger partial charge in [-0.25, -0.2) is 13.6 Å². The zero-order valence-electron chi connectivity index (χ0n) is 21.5. The Bertz CT molecular complexity index is 1330. The number of H-pyrrole nitrogens is 1. The van der Waals surface area contributed by atoms with E-state index in [9.17, 15) is 21.6 Å². The Morgan fingerprint density at radius 2 is 2.03 bits per heavy atom. The van der Waals surface area contributed by atoms with Gasteiger partial charge in [-0.15, -0.1) is 10.2 Å². The lowest BCUT2D eigenvalue weighted by molar-refractivity contribution is -0.139. The summed E-state index contributed by atoms with van der Waals surface area (Å²) in [6.07, 6.45) is 2.22. The molecule has 0 saturated carbocycles. The number of alkyl halides is 3. The highest BCUT2D eigenvalue weighted by Crippen LogP contribution is 2.42. The maximum Gasteiger partial charge on any atom is 0.417 e. The van der Waals surface area contributed by atoms with Crippen LogP contribution < -0.4 is 10.5 Å². The van der Waals surface area contributed by atoms with Crippen molar-refractivity contribution >= 4 is 15.6 Å². The van der Waals surface area contributed by atoms with Gasteiger partial charge in [-0.3, -0.25) is 0 Å². The Balaban J connectivity index is 1.56. The molecule has 1 atom stereocenters. The average molecular weight is 568 g/mol. The lowest BCUT2D eigenvalue weighted by Crippen LogP contribution is -2.47. The summed E-state index contributed by atoms with van der Waals surface area (Å²) in [5.41, 5.74) is -0.287. The molecular weight excluding hydrogens is 535 g/mol. The maximum absolute atomic E-state index is 13.8. The molecule has 4 N–H and O–H groups in total. The van der Waals surface area contributed by atoms with E-state index >= 15 is 0 Å². The molecule has 1 aromatic carbocycles. The number of ether oxygens (including phenoxy) is 1. The van der Waals surface area contributed by atoms with Crippen LogP contribution in [0.5, 0.6) is 0 Å². The van der Waals surface area contributed by atoms with Crippen molar-refractivity contribution in [3.05, 3.63) is 53.6 Å². The maximum atomic E-state index is 13.8. The molecule has 0 amide bonds. The Kier molecular flexibility index (Phi) is 9.01. The summed E-state index contributed by atoms with van der Waals surface area (Å²) in [4.78, 5) is 1.28. The van der Waals surface area contributed by atoms with E-state index < -0.39 is 26.7 Å². The van der Waals surface area contributed by atoms with Gasteiger partial charge in [-0.1, -0.05) is 36.4 Å². The Morgan fingerprint density at radius 1 is 1.28 bits per heavy atom. The van der Waals surface area contributed by atoms with Crippen molar-refractivity contribution in [3.63, 3.8) is 0 Å². The third-order valence-electron chi connectivity index (χ3n) is 6.99. The van der Waals surface area contributed by atoms with E-state index in [1.807, 2.05) is 6.08 Å². The fourth-order valence-corrected chi connectivity index (χ4v) is 5.99. The molecule has 1 unspecified atom stereocenters. The molecule has 0 bridgehead atoms. The topological polar surface area (TPSA) is 139 Å². The van der Waals surface area contributed by atoms with Crippen LogP contribution in [0.15, 0.2) is 47.4 Å². The Morgan fingerprint density at radius 3 is 2.59 bits per heavy atom. The van der Waals surface area contributed by atoms with Crippen LogP contribution in [0.4, 0.5) is 13.2 Å². The number of halogens is 3. The predicted molar refractivity (Wildman–Crippen MR) is 140 cm³/mol. The molecule has 2 aliphatic rings. The van der Waals surface area contributed by atoms with Crippen molar-refractivity contribution in [1.29, 1.82) is 0 Å². The second kappa shape index (κ2) is 12.1. The average Bonchev–Trinajstić information content (AvgIpc) is 3.43. The number of likely N-dealkylation sites (tertiary alicyclic amines) is 1. The van der Waals surface area contributed by atoms with Gasteiger partial charge >= 0.3 is 6.18 Å². The van der Waals surface area contributed by atoms with E-state index in [-0.39, 0.29) is 29.0 Å². The summed E-state index contributed by atoms with van der Waals surface area (Å²) in [7, 11) is -4.83. The van der Waals surface area contributed by atoms with Gasteiger partial charge in [0.05, 0.1) is 23.8 Å². The number of primary sulfonamides is 1. The standard InChI is InChI=1S/C25H32F3N7O3S/c1-3-17(5-4-16(2)18-8-11-35(12-9-18)15-19-14-30-10-13-38-19)20-6-7-21(25(26,27)28)23(39(29,36)37)22(20)24-31-33-34-32-24/h3-7,18-19,30H,2,8-15H2,1H3,(H2,29,36,37)(H,31,32,33,34)/b5-4-,17-3?. The monoisotopic (exact) mass is 567 g/mol. The number of nitrogens with one attached hydrogen (secondary N) is 2. The summed E-state index contributed by atoms with van der Waals surface area (Å²) in [5.74, 6) is -0.0820. The number of hydrogen-bond donors (Lipinski definition) is 3. The molecule has 1 aromatic heterocycles. The van der Waals surface area contributed by atoms with Crippen molar-refractivity contribution in [1.82, 2.24) is 30.8 Å². The van der Waals surface area contributed by atoms with Crippen molar-refractivity contribution in [2.45, 2.75) is 36.9 Å². The molecule has 10 nitrogen and oxygen atoms in total. The van der Waals surface area contributed by atoms with Crippen LogP contribution in [0.2, 0.25) is 0 Å². The first kappa shape index (κ1) is 29.1. The third-order valence-corrected chi connectivity index (χ3v) is 7.99. The number of hydrogen-bond acceptors (Lipinski definition) is 8. The van der Waals surface area contributed by atoms with Gasteiger partial charge in [-0.05, 0) is 61.2 Å². The van der Waals surface area contributed by atoms with Gasteiger partial charge in [-0.2, -0.15) is 18.4 Å². The number of benzene rings is 1. The number of piperidine rings is 1. The van der Waals surface area contributed by atoms with Crippen molar-refractivity contribution in [2.24, 2.45) is 11.1 Å². The highest BCUT2D eigenvalue weighted by atomic mass is 32.2. The molecule has 2 aromatic rings. The third kappa shape index (κ3) is 7.00. The van der Waals surface area contributed by atoms with Crippen LogP contribution in [-0.2, 0) is 20.9 Å². The summed E-state index contributed by atoms with van der Waals surface area (Å²) >= 11 is 0. The van der Waals surface area contributed by atoms with E-state index in [0.29, 0.717) is 11.6 Å². The van der Waals surface area contributed by atoms with Gasteiger partial charge in [0.25, 0.3) is 0 Å². The molecule has 3 heterocycles. The first-order chi connectivity index (χ1) is 18.5. The van der Waals surface area contributed by atoms with Gasteiger partial charge in [0, 0.05) is 19.6 Å². The van der Waals surface area contributed by atoms with Crippen LogP contribution in [-0.4, -0.2) is 79.4 Å². The van der Waals surface area contributed by atoms with Crippen LogP contribution in [0, 0.1) is 5.92 Å². The quantitative estimate of drug-likeness (QED) is 0.414. The molecule has 2 aliphatic heterocycles. The van der Waals surface area contributed by atoms with Crippen molar-refractivity contribution < 1.29 is 26.3 Å². The molecule has 4 rings (SSSR count). The second-order valence-electron chi connectivity index (χ2n) is 9.57. The summed E-state index contributed by atoms with van der Waals surface area (Å²) in [6, 6.07) is 1.89. The summed E-state index contributed by atoms with van der Waals surface area (Å²) < 4.78 is 72.1. The molecule has 0 radical (unpaired) electrons. The van der Waals surface area contributed by atoms with Crippen molar-refractivity contribution in [3.8, 4) is 11.4 Å². The highest BCUT2D eigenvalue weighted by molar-refractivity contribution is 7.89. The van der Waals surface area contributed by atoms with Crippen LogP contribution >= 0.6 is 0 Å². The largest absolute Gasteiger partial charge is 0.417 e. The molecule has 0 spiro atoms. The molecule has 2 saturated heterocycles. The zero-order valence-corrected chi connectivity index (χ0v) is 22.4. The molecule has 0 aliphatic carbocycles. The first-order valence-corrected chi connectivity index (χ1v) is 14.1. The molecule has 212 valence electrons. The summed E-state index contributed by atoms with van der Waals surface area (Å²) in [5, 5.41) is 21.7. The van der Waals surface area contributed by atoms with Gasteiger partial charge in [0.2, 0.25) is 15.8 Å². The normalized spacial score (nSPS) is 20.5. The fourth-order valence-electron chi connectivity index (χ4n) is 5.02. The smallest absolute Gasteiger partial charge is 0.374 e. The molecule has 2 fully saturated rings. The molecular formula is C25H32F3N7O3S. The minimum absolute atomic E-state index is 0.163. The minimum Gasteiger partial charge on any atom is -0.374 e. The number of aromatic amines is 1. The van der Waals surface area contributed by atoms with Crippen LogP contribution in [0.3, 0.4) is 0 Å². The number of nitrogens with zero attached hydrogens (tertiary/aromatic N) is 4. The summed E-state index contributed by atoms with van der Waals surface area (Å²) in [6.45, 7) is 11.1. The number of aromatic nitrogens is 4. The minimum atomic E-state index is -4.98. The van der Waals surface area contributed by atoms with E-state index in [2.05, 4.69) is 37.4 Å². The fraction of sp³-hybridized carbons (Fsp3) is 0.480. The van der Waals surface area contributed by atoms with E-state index in [0.717, 1.165) is 57.7 Å². The van der Waals surface area contributed by atoms with Crippen LogP contribution in [0.25, 0.3) is 17.0 Å². The lowest BCUT2D eigenvalue weighted by atomic mass is 9.88. The Hall–Kier alpha value is -2.91. The first-order valence-electron chi connectivity index (χ1n) is 12.6. The van der Waals surface area contributed by atoms with Crippen LogP contribution in [0.1, 0.15) is 30.9 Å². The van der Waals surface area contributed by atoms with E-state index in [1.165, 1.54) is 6.07 Å². The van der Waals surface area contributed by atoms with Gasteiger partial charge < -0.3 is 15.0 Å². The number of tetrazole rings is 1. The van der Waals surface area contributed by atoms with E-state index in [1.54, 1.807) is 19.1 Å². The SMILES string of the molecule is C=C(/C=C\C(=CC)c1ccc(C(F)(F)F)c(S(N)(=O)=O)c1-c1nn[nH]n1)C1CCN(CC2CNCCO2)CC1. The zero-order chi connectivity index (χ0) is 28.2. The number of morpholine rings is 1. The van der Waals surface area contributed by atoms with Gasteiger partial charge in [0.15, 0.2) is 0 Å². The number of nitrogens with two attached hydrogens (primary N) is 1. The lowest BCUT2D eigenvalue weighted by Gasteiger charge is -2.35. The number of allylic oxidation sites excluding steroid dienone is 5. The van der Waals surface area contributed by atoms with Gasteiger partial charge in [0.1, 0.15) is 4.90 Å². The highest BCUT2D eigenvalue weighted by Gasteiger charge is 2.40. The Labute approximate surface area is 225 Å². The van der Waals surface area contributed by atoms with E-state index in [4.69, 9.17) is 9.88 Å².